The van der Waals surface area contributed by atoms with Gasteiger partial charge < -0.3 is 23.7 Å². The lowest BCUT2D eigenvalue weighted by Crippen LogP contribution is -2.61. The third kappa shape index (κ3) is 8.11. The lowest BCUT2D eigenvalue weighted by atomic mass is 9.33. The van der Waals surface area contributed by atoms with Crippen LogP contribution in [-0.4, -0.2) is 11.3 Å². The number of nitrogens with zero attached hydrogens (tertiary/aromatic N) is 4. The average Bonchev–Trinajstić information content (AvgIpc) is 2.49. The lowest BCUT2D eigenvalue weighted by Gasteiger charge is -2.45. The van der Waals surface area contributed by atoms with E-state index >= 15 is 0 Å². The molecule has 0 saturated heterocycles. The zero-order valence-electron chi connectivity index (χ0n) is 48.8. The number of aromatic nitrogens is 1. The number of furan rings is 1. The van der Waals surface area contributed by atoms with Crippen LogP contribution in [0.15, 0.2) is 205 Å². The van der Waals surface area contributed by atoms with Gasteiger partial charge in [-0.1, -0.05) is 165 Å². The summed E-state index contributed by atoms with van der Waals surface area (Å²) in [7, 11) is 0. The van der Waals surface area contributed by atoms with E-state index in [-0.39, 0.29) is 23.0 Å². The van der Waals surface area contributed by atoms with Crippen LogP contribution >= 0.6 is 0 Å². The number of hydrogen-bond donors (Lipinski definition) is 0. The average molecular weight is 1050 g/mol. The van der Waals surface area contributed by atoms with Crippen molar-refractivity contribution in [2.45, 2.75) is 99.3 Å². The van der Waals surface area contributed by atoms with E-state index in [0.29, 0.717) is 0 Å². The van der Waals surface area contributed by atoms with E-state index in [0.717, 1.165) is 61.6 Å². The molecule has 0 atom stereocenters. The first-order valence-electron chi connectivity index (χ1n) is 28.9. The Labute approximate surface area is 477 Å². The summed E-state index contributed by atoms with van der Waals surface area (Å²) >= 11 is 0. The number of anilines is 9. The molecule has 0 unspecified atom stereocenters. The fourth-order valence-electron chi connectivity index (χ4n) is 13.3. The number of para-hydroxylation sites is 3. The highest BCUT2D eigenvalue weighted by atomic mass is 16.3. The normalized spacial score (nSPS) is 13.4. The van der Waals surface area contributed by atoms with Gasteiger partial charge in [-0.3, -0.25) is 0 Å². The second-order valence-electron chi connectivity index (χ2n) is 26.1. The molecular weight excluding hydrogens is 984 g/mol. The summed E-state index contributed by atoms with van der Waals surface area (Å²) in [6.07, 6.45) is 0. The van der Waals surface area contributed by atoms with Gasteiger partial charge in [0.1, 0.15) is 11.2 Å². The zero-order valence-corrected chi connectivity index (χ0v) is 48.8. The molecule has 81 heavy (non-hydrogen) atoms. The first kappa shape index (κ1) is 50.5. The van der Waals surface area contributed by atoms with Gasteiger partial charge in [0, 0.05) is 78.8 Å². The van der Waals surface area contributed by atoms with Crippen molar-refractivity contribution in [1.82, 2.24) is 4.57 Å². The highest BCUT2D eigenvalue weighted by Gasteiger charge is 2.44. The number of rotatable bonds is 6. The van der Waals surface area contributed by atoms with Crippen LogP contribution in [0.2, 0.25) is 0 Å². The lowest BCUT2D eigenvalue weighted by molar-refractivity contribution is 0.589. The van der Waals surface area contributed by atoms with Crippen molar-refractivity contribution in [3.8, 4) is 5.69 Å². The first-order chi connectivity index (χ1) is 38.8. The van der Waals surface area contributed by atoms with Gasteiger partial charge in [0.05, 0.1) is 16.7 Å². The van der Waals surface area contributed by atoms with E-state index in [4.69, 9.17) is 4.42 Å². The summed E-state index contributed by atoms with van der Waals surface area (Å²) in [6.45, 7) is 27.6. The van der Waals surface area contributed by atoms with Gasteiger partial charge in [-0.15, -0.1) is 0 Å². The summed E-state index contributed by atoms with van der Waals surface area (Å²) in [4.78, 5) is 7.63. The van der Waals surface area contributed by atoms with Crippen LogP contribution < -0.4 is 31.1 Å². The van der Waals surface area contributed by atoms with Crippen LogP contribution in [-0.2, 0) is 16.2 Å². The van der Waals surface area contributed by atoms with Gasteiger partial charge >= 0.3 is 0 Å². The molecular formula is C75H69BN4O. The molecule has 2 aliphatic rings. The van der Waals surface area contributed by atoms with Crippen molar-refractivity contribution in [3.63, 3.8) is 0 Å². The molecule has 10 aromatic carbocycles. The third-order valence-electron chi connectivity index (χ3n) is 17.4. The van der Waals surface area contributed by atoms with Crippen LogP contribution in [0.4, 0.5) is 51.2 Å². The van der Waals surface area contributed by atoms with E-state index in [1.54, 1.807) is 0 Å². The molecule has 0 fully saturated rings. The van der Waals surface area contributed by atoms with Crippen molar-refractivity contribution in [2.24, 2.45) is 0 Å². The van der Waals surface area contributed by atoms with Crippen molar-refractivity contribution in [2.75, 3.05) is 14.7 Å². The van der Waals surface area contributed by atoms with Crippen LogP contribution in [0.1, 0.15) is 95.7 Å². The summed E-state index contributed by atoms with van der Waals surface area (Å²) < 4.78 is 9.18. The Kier molecular flexibility index (Phi) is 11.3. The predicted molar refractivity (Wildman–Crippen MR) is 347 cm³/mol. The van der Waals surface area contributed by atoms with Gasteiger partial charge in [-0.05, 0) is 178 Å². The molecule has 0 N–H and O–H groups in total. The highest BCUT2D eigenvalue weighted by molar-refractivity contribution is 7.00. The van der Waals surface area contributed by atoms with Gasteiger partial charge in [0.15, 0.2) is 0 Å². The molecule has 0 saturated carbocycles. The zero-order chi connectivity index (χ0) is 56.0. The molecule has 5 nitrogen and oxygen atoms in total. The SMILES string of the molecule is Cc1cc2c3c(c1)N(c1ccc(C(C)(C)C)cc1)c1cc(C(C)(C)C)ccc1B3c1ccc(N(c3ccc4c5ccccc5n(-c5ccccc5)c4c3)c3c(C)cc(C(C)(C)C)cc3C)cc1N2c1ccc2c(c1)oc1ccccc12. The molecule has 2 aromatic heterocycles. The quantitative estimate of drug-likeness (QED) is 0.155. The minimum absolute atomic E-state index is 0.0209. The van der Waals surface area contributed by atoms with Crippen molar-refractivity contribution in [3.05, 3.63) is 234 Å². The van der Waals surface area contributed by atoms with E-state index in [2.05, 4.69) is 303 Å². The molecule has 12 aromatic rings. The molecule has 0 bridgehead atoms. The predicted octanol–water partition coefficient (Wildman–Crippen LogP) is 19.1. The molecule has 14 rings (SSSR count). The maximum atomic E-state index is 6.75. The Morgan fingerprint density at radius 1 is 0.383 bits per heavy atom. The fraction of sp³-hybridized carbons (Fsp3) is 0.200. The van der Waals surface area contributed by atoms with Crippen molar-refractivity contribution < 1.29 is 4.42 Å². The molecule has 0 aliphatic carbocycles. The topological polar surface area (TPSA) is 27.8 Å². The smallest absolute Gasteiger partial charge is 0.252 e. The first-order valence-corrected chi connectivity index (χ1v) is 28.9. The van der Waals surface area contributed by atoms with E-state index in [9.17, 15) is 0 Å². The summed E-state index contributed by atoms with van der Waals surface area (Å²) in [5.74, 6) is 0. The van der Waals surface area contributed by atoms with E-state index in [1.165, 1.54) is 88.8 Å². The highest BCUT2D eigenvalue weighted by Crippen LogP contribution is 2.50. The molecule has 6 heteroatoms. The molecule has 2 aliphatic heterocycles. The molecule has 4 heterocycles. The number of hydrogen-bond acceptors (Lipinski definition) is 4. The minimum atomic E-state index is -0.0686. The number of fused-ring (bicyclic) bond motifs is 10. The summed E-state index contributed by atoms with van der Waals surface area (Å²) in [6, 6.07) is 75.6. The van der Waals surface area contributed by atoms with Crippen LogP contribution in [0.25, 0.3) is 49.4 Å². The Morgan fingerprint density at radius 2 is 0.914 bits per heavy atom. The fourth-order valence-corrected chi connectivity index (χ4v) is 13.3. The Balaban J connectivity index is 1.06. The number of aryl methyl sites for hydroxylation is 3. The maximum absolute atomic E-state index is 6.75. The summed E-state index contributed by atoms with van der Waals surface area (Å²) in [5.41, 5.74) is 26.9. The van der Waals surface area contributed by atoms with Gasteiger partial charge in [0.2, 0.25) is 0 Å². The second kappa shape index (κ2) is 18.1. The molecule has 0 amide bonds. The standard InChI is InChI=1S/C75H69BN4O/c1-46-38-67-71-68(39-46)80(56-32-35-60-59-23-17-19-25-69(59)81-70(60)45-56)66-44-55(33-37-62(66)76(71)61-36-28-50(74(7,8)9)42-65(61)79(67)53-29-26-49(27-30-53)73(4,5)6)77(72-47(2)40-51(41-48(72)3)75(10,11)12)54-31-34-58-57-22-16-18-24-63(57)78(64(58)43-54)52-20-14-13-15-21-52/h13-45H,1-12H3. The van der Waals surface area contributed by atoms with Gasteiger partial charge in [-0.25, -0.2) is 0 Å². The van der Waals surface area contributed by atoms with Crippen LogP contribution in [0.3, 0.4) is 0 Å². The Morgan fingerprint density at radius 3 is 1.60 bits per heavy atom. The third-order valence-corrected chi connectivity index (χ3v) is 17.4. The monoisotopic (exact) mass is 1050 g/mol. The largest absolute Gasteiger partial charge is 0.456 e. The van der Waals surface area contributed by atoms with Crippen molar-refractivity contribution >= 4 is 118 Å². The second-order valence-corrected chi connectivity index (χ2v) is 26.1. The summed E-state index contributed by atoms with van der Waals surface area (Å²) in [5, 5.41) is 4.69. The van der Waals surface area contributed by atoms with Gasteiger partial charge in [-0.2, -0.15) is 0 Å². The number of benzene rings is 10. The molecule has 0 radical (unpaired) electrons. The van der Waals surface area contributed by atoms with Crippen LogP contribution in [0, 0.1) is 20.8 Å². The molecule has 398 valence electrons. The molecule has 0 spiro atoms. The van der Waals surface area contributed by atoms with E-state index in [1.807, 2.05) is 0 Å². The van der Waals surface area contributed by atoms with Gasteiger partial charge in [0.25, 0.3) is 6.71 Å². The Bertz CT molecular complexity index is 4500. The van der Waals surface area contributed by atoms with Crippen LogP contribution in [0.5, 0.6) is 0 Å². The van der Waals surface area contributed by atoms with Crippen molar-refractivity contribution in [1.29, 1.82) is 0 Å². The maximum Gasteiger partial charge on any atom is 0.252 e. The minimum Gasteiger partial charge on any atom is -0.456 e. The Hall–Kier alpha value is -8.74. The van der Waals surface area contributed by atoms with E-state index < -0.39 is 0 Å².